The summed E-state index contributed by atoms with van der Waals surface area (Å²) in [6.45, 7) is 1.93. The van der Waals surface area contributed by atoms with Crippen LogP contribution in [0.2, 0.25) is 0 Å². The van der Waals surface area contributed by atoms with Gasteiger partial charge in [0.25, 0.3) is 0 Å². The number of carbonyl (C=O) groups is 1. The second kappa shape index (κ2) is 4.96. The van der Waals surface area contributed by atoms with E-state index >= 15 is 0 Å². The molecule has 1 fully saturated rings. The molecule has 3 rings (SSSR count). The van der Waals surface area contributed by atoms with Crippen LogP contribution in [0.25, 0.3) is 0 Å². The Hall–Kier alpha value is -1.96. The fourth-order valence-electron chi connectivity index (χ4n) is 2.54. The van der Waals surface area contributed by atoms with E-state index in [-0.39, 0.29) is 5.78 Å². The van der Waals surface area contributed by atoms with E-state index in [1.807, 2.05) is 37.3 Å². The topological polar surface area (TPSA) is 30.0 Å². The average molecular weight is 251 g/mol. The number of hydrogen-bond donors (Lipinski definition) is 0. The SMILES string of the molecule is Cc1ccc(C(=O)c2ccccc2C2CCC2)cn1. The van der Waals surface area contributed by atoms with Crippen molar-refractivity contribution in [3.8, 4) is 0 Å². The zero-order valence-electron chi connectivity index (χ0n) is 11.1. The zero-order valence-corrected chi connectivity index (χ0v) is 11.1. The largest absolute Gasteiger partial charge is 0.289 e. The van der Waals surface area contributed by atoms with E-state index in [2.05, 4.69) is 11.1 Å². The van der Waals surface area contributed by atoms with Crippen LogP contribution in [0.5, 0.6) is 0 Å². The normalized spacial score (nSPS) is 15.0. The van der Waals surface area contributed by atoms with E-state index in [1.54, 1.807) is 6.20 Å². The van der Waals surface area contributed by atoms with E-state index in [4.69, 9.17) is 0 Å². The number of nitrogens with zero attached hydrogens (tertiary/aromatic N) is 1. The first-order valence-corrected chi connectivity index (χ1v) is 6.82. The molecule has 0 radical (unpaired) electrons. The molecular formula is C17H17NO. The van der Waals surface area contributed by atoms with Crippen LogP contribution in [0.3, 0.4) is 0 Å². The summed E-state index contributed by atoms with van der Waals surface area (Å²) in [6, 6.07) is 11.8. The molecule has 0 bridgehead atoms. The molecule has 1 aromatic carbocycles. The molecule has 1 aliphatic carbocycles. The first kappa shape index (κ1) is 12.1. The Morgan fingerprint density at radius 1 is 1.16 bits per heavy atom. The number of benzene rings is 1. The van der Waals surface area contributed by atoms with Gasteiger partial charge < -0.3 is 0 Å². The second-order valence-corrected chi connectivity index (χ2v) is 5.23. The predicted molar refractivity (Wildman–Crippen MR) is 75.4 cm³/mol. The summed E-state index contributed by atoms with van der Waals surface area (Å²) >= 11 is 0. The van der Waals surface area contributed by atoms with Crippen molar-refractivity contribution in [2.75, 3.05) is 0 Å². The van der Waals surface area contributed by atoms with Crippen molar-refractivity contribution in [2.24, 2.45) is 0 Å². The molecule has 0 N–H and O–H groups in total. The molecule has 1 saturated carbocycles. The van der Waals surface area contributed by atoms with Gasteiger partial charge in [-0.2, -0.15) is 0 Å². The minimum absolute atomic E-state index is 0.0926. The maximum atomic E-state index is 12.6. The van der Waals surface area contributed by atoms with Crippen LogP contribution in [0.15, 0.2) is 42.6 Å². The molecule has 0 atom stereocenters. The van der Waals surface area contributed by atoms with E-state index in [1.165, 1.54) is 24.8 Å². The monoisotopic (exact) mass is 251 g/mol. The standard InChI is InChI=1S/C17H17NO/c1-12-9-10-14(11-18-12)17(19)16-8-3-2-7-15(16)13-5-4-6-13/h2-3,7-11,13H,4-6H2,1H3. The van der Waals surface area contributed by atoms with Gasteiger partial charge in [-0.05, 0) is 43.4 Å². The van der Waals surface area contributed by atoms with E-state index in [9.17, 15) is 4.79 Å². The zero-order chi connectivity index (χ0) is 13.2. The molecule has 1 aromatic heterocycles. The minimum Gasteiger partial charge on any atom is -0.289 e. The lowest BCUT2D eigenvalue weighted by molar-refractivity contribution is 0.103. The Balaban J connectivity index is 1.97. The van der Waals surface area contributed by atoms with Crippen LogP contribution >= 0.6 is 0 Å². The van der Waals surface area contributed by atoms with Crippen LogP contribution in [-0.2, 0) is 0 Å². The molecule has 0 aliphatic heterocycles. The summed E-state index contributed by atoms with van der Waals surface area (Å²) in [7, 11) is 0. The summed E-state index contributed by atoms with van der Waals surface area (Å²) in [4.78, 5) is 16.8. The molecule has 0 unspecified atom stereocenters. The summed E-state index contributed by atoms with van der Waals surface area (Å²) in [5.74, 6) is 0.661. The Morgan fingerprint density at radius 2 is 1.95 bits per heavy atom. The van der Waals surface area contributed by atoms with E-state index < -0.39 is 0 Å². The van der Waals surface area contributed by atoms with Crippen LogP contribution in [0.1, 0.15) is 52.4 Å². The van der Waals surface area contributed by atoms with E-state index in [0.717, 1.165) is 11.3 Å². The summed E-state index contributed by atoms with van der Waals surface area (Å²) in [5, 5.41) is 0. The lowest BCUT2D eigenvalue weighted by atomic mass is 9.77. The van der Waals surface area contributed by atoms with Crippen molar-refractivity contribution < 1.29 is 4.79 Å². The molecule has 1 aliphatic rings. The van der Waals surface area contributed by atoms with Crippen molar-refractivity contribution >= 4 is 5.78 Å². The van der Waals surface area contributed by atoms with Gasteiger partial charge >= 0.3 is 0 Å². The van der Waals surface area contributed by atoms with Gasteiger partial charge in [-0.15, -0.1) is 0 Å². The lowest BCUT2D eigenvalue weighted by Crippen LogP contribution is -2.14. The van der Waals surface area contributed by atoms with Gasteiger partial charge in [0.1, 0.15) is 0 Å². The molecule has 1 heterocycles. The highest BCUT2D eigenvalue weighted by Crippen LogP contribution is 2.38. The second-order valence-electron chi connectivity index (χ2n) is 5.23. The van der Waals surface area contributed by atoms with Gasteiger partial charge in [0.05, 0.1) is 0 Å². The Kier molecular flexibility index (Phi) is 3.16. The number of pyridine rings is 1. The van der Waals surface area contributed by atoms with Crippen molar-refractivity contribution in [1.82, 2.24) is 4.98 Å². The van der Waals surface area contributed by atoms with Gasteiger partial charge in [0.15, 0.2) is 5.78 Å². The Bertz CT molecular complexity index is 597. The van der Waals surface area contributed by atoms with Gasteiger partial charge in [0, 0.05) is 23.0 Å². The average Bonchev–Trinajstić information content (AvgIpc) is 2.37. The van der Waals surface area contributed by atoms with Gasteiger partial charge in [-0.1, -0.05) is 30.7 Å². The number of aryl methyl sites for hydroxylation is 1. The Morgan fingerprint density at radius 3 is 2.58 bits per heavy atom. The first-order chi connectivity index (χ1) is 9.25. The van der Waals surface area contributed by atoms with Crippen LogP contribution in [-0.4, -0.2) is 10.8 Å². The first-order valence-electron chi connectivity index (χ1n) is 6.82. The summed E-state index contributed by atoms with van der Waals surface area (Å²) in [6.07, 6.45) is 5.36. The van der Waals surface area contributed by atoms with Crippen molar-refractivity contribution in [3.63, 3.8) is 0 Å². The van der Waals surface area contributed by atoms with Crippen molar-refractivity contribution in [2.45, 2.75) is 32.1 Å². The molecule has 2 aromatic rings. The maximum absolute atomic E-state index is 12.6. The van der Waals surface area contributed by atoms with Crippen molar-refractivity contribution in [3.05, 3.63) is 65.0 Å². The smallest absolute Gasteiger partial charge is 0.194 e. The highest BCUT2D eigenvalue weighted by atomic mass is 16.1. The fraction of sp³-hybridized carbons (Fsp3) is 0.294. The minimum atomic E-state index is 0.0926. The lowest BCUT2D eigenvalue weighted by Gasteiger charge is -2.27. The van der Waals surface area contributed by atoms with Crippen LogP contribution in [0, 0.1) is 6.92 Å². The van der Waals surface area contributed by atoms with Crippen LogP contribution < -0.4 is 0 Å². The number of ketones is 1. The van der Waals surface area contributed by atoms with Crippen molar-refractivity contribution in [1.29, 1.82) is 0 Å². The van der Waals surface area contributed by atoms with E-state index in [0.29, 0.717) is 11.5 Å². The maximum Gasteiger partial charge on any atom is 0.194 e. The predicted octanol–water partition coefficient (Wildman–Crippen LogP) is 3.89. The molecule has 19 heavy (non-hydrogen) atoms. The highest BCUT2D eigenvalue weighted by Gasteiger charge is 2.24. The molecule has 2 heteroatoms. The molecular weight excluding hydrogens is 234 g/mol. The van der Waals surface area contributed by atoms with Gasteiger partial charge in [0.2, 0.25) is 0 Å². The van der Waals surface area contributed by atoms with Gasteiger partial charge in [-0.3, -0.25) is 9.78 Å². The van der Waals surface area contributed by atoms with Crippen LogP contribution in [0.4, 0.5) is 0 Å². The molecule has 0 saturated heterocycles. The fourth-order valence-corrected chi connectivity index (χ4v) is 2.54. The molecule has 0 amide bonds. The number of aromatic nitrogens is 1. The molecule has 2 nitrogen and oxygen atoms in total. The third-order valence-corrected chi connectivity index (χ3v) is 3.92. The summed E-state index contributed by atoms with van der Waals surface area (Å²) < 4.78 is 0. The highest BCUT2D eigenvalue weighted by molar-refractivity contribution is 6.09. The Labute approximate surface area is 113 Å². The molecule has 96 valence electrons. The number of rotatable bonds is 3. The third kappa shape index (κ3) is 2.30. The van der Waals surface area contributed by atoms with Gasteiger partial charge in [-0.25, -0.2) is 0 Å². The quantitative estimate of drug-likeness (QED) is 0.775. The summed E-state index contributed by atoms with van der Waals surface area (Å²) in [5.41, 5.74) is 3.67. The third-order valence-electron chi connectivity index (χ3n) is 3.92. The number of hydrogen-bond acceptors (Lipinski definition) is 2. The number of carbonyl (C=O) groups excluding carboxylic acids is 1. The molecule has 0 spiro atoms.